The number of nitrogens with zero attached hydrogens (tertiary/aromatic N) is 3. The minimum Gasteiger partial charge on any atom is -0.341 e. The lowest BCUT2D eigenvalue weighted by atomic mass is 10.2. The molecule has 0 unspecified atom stereocenters. The molecular weight excluding hydrogens is 302 g/mol. The van der Waals surface area contributed by atoms with Crippen molar-refractivity contribution < 1.29 is 0 Å². The predicted octanol–water partition coefficient (Wildman–Crippen LogP) is 3.80. The van der Waals surface area contributed by atoms with Gasteiger partial charge in [0.1, 0.15) is 0 Å². The van der Waals surface area contributed by atoms with Gasteiger partial charge in [0.2, 0.25) is 0 Å². The standard InChI is InChI=1S/C15H16BrN3/c1-10-4-5-12-6-7-19(13(12)8-10)9-14-15(16)11(2)17-18(14)3/h4-8H,9H2,1-3H3. The van der Waals surface area contributed by atoms with Gasteiger partial charge >= 0.3 is 0 Å². The molecule has 2 heterocycles. The number of hydrogen-bond donors (Lipinski definition) is 0. The molecule has 0 fully saturated rings. The summed E-state index contributed by atoms with van der Waals surface area (Å²) in [6.45, 7) is 4.97. The normalized spacial score (nSPS) is 11.4. The van der Waals surface area contributed by atoms with Gasteiger partial charge in [-0.1, -0.05) is 12.1 Å². The minimum atomic E-state index is 0.824. The van der Waals surface area contributed by atoms with E-state index in [-0.39, 0.29) is 0 Å². The molecular formula is C15H16BrN3. The Morgan fingerprint density at radius 1 is 1.21 bits per heavy atom. The SMILES string of the molecule is Cc1ccc2ccn(Cc3c(Br)c(C)nn3C)c2c1. The molecule has 3 rings (SSSR count). The van der Waals surface area contributed by atoms with Crippen LogP contribution in [-0.2, 0) is 13.6 Å². The second-order valence-corrected chi connectivity index (χ2v) is 5.77. The molecule has 0 bridgehead atoms. The molecule has 19 heavy (non-hydrogen) atoms. The highest BCUT2D eigenvalue weighted by Crippen LogP contribution is 2.24. The van der Waals surface area contributed by atoms with Crippen molar-refractivity contribution in [2.24, 2.45) is 7.05 Å². The van der Waals surface area contributed by atoms with Crippen LogP contribution in [-0.4, -0.2) is 14.3 Å². The van der Waals surface area contributed by atoms with Crippen molar-refractivity contribution in [3.63, 3.8) is 0 Å². The van der Waals surface area contributed by atoms with Gasteiger partial charge in [-0.15, -0.1) is 0 Å². The average molecular weight is 318 g/mol. The van der Waals surface area contributed by atoms with Crippen molar-refractivity contribution in [2.75, 3.05) is 0 Å². The van der Waals surface area contributed by atoms with Crippen molar-refractivity contribution in [1.29, 1.82) is 0 Å². The van der Waals surface area contributed by atoms with Crippen LogP contribution in [0.3, 0.4) is 0 Å². The summed E-state index contributed by atoms with van der Waals surface area (Å²) < 4.78 is 5.31. The molecule has 0 spiro atoms. The van der Waals surface area contributed by atoms with Crippen molar-refractivity contribution in [3.05, 3.63) is 51.9 Å². The molecule has 2 aromatic heterocycles. The lowest BCUT2D eigenvalue weighted by molar-refractivity contribution is 0.671. The summed E-state index contributed by atoms with van der Waals surface area (Å²) in [4.78, 5) is 0. The van der Waals surface area contributed by atoms with E-state index in [1.54, 1.807) is 0 Å². The summed E-state index contributed by atoms with van der Waals surface area (Å²) in [6.07, 6.45) is 2.14. The molecule has 4 heteroatoms. The van der Waals surface area contributed by atoms with Crippen molar-refractivity contribution in [3.8, 4) is 0 Å². The van der Waals surface area contributed by atoms with Crippen LogP contribution < -0.4 is 0 Å². The first kappa shape index (κ1) is 12.5. The predicted molar refractivity (Wildman–Crippen MR) is 81.4 cm³/mol. The Morgan fingerprint density at radius 2 is 2.00 bits per heavy atom. The Kier molecular flexibility index (Phi) is 2.97. The van der Waals surface area contributed by atoms with Gasteiger partial charge in [-0.2, -0.15) is 5.10 Å². The van der Waals surface area contributed by atoms with Crippen molar-refractivity contribution in [1.82, 2.24) is 14.3 Å². The number of aryl methyl sites for hydroxylation is 3. The molecule has 1 aromatic carbocycles. The highest BCUT2D eigenvalue weighted by atomic mass is 79.9. The molecule has 3 aromatic rings. The molecule has 0 saturated heterocycles. The molecule has 0 aliphatic heterocycles. The zero-order valence-corrected chi connectivity index (χ0v) is 12.9. The van der Waals surface area contributed by atoms with Crippen molar-refractivity contribution in [2.45, 2.75) is 20.4 Å². The van der Waals surface area contributed by atoms with Gasteiger partial charge < -0.3 is 4.57 Å². The van der Waals surface area contributed by atoms with Crippen LogP contribution in [0.15, 0.2) is 34.9 Å². The summed E-state index contributed by atoms with van der Waals surface area (Å²) in [5.74, 6) is 0. The number of benzene rings is 1. The molecule has 0 aliphatic carbocycles. The van der Waals surface area contributed by atoms with E-state index in [1.165, 1.54) is 22.2 Å². The molecule has 0 amide bonds. The first-order valence-electron chi connectivity index (χ1n) is 6.30. The van der Waals surface area contributed by atoms with E-state index in [0.29, 0.717) is 0 Å². The van der Waals surface area contributed by atoms with E-state index in [4.69, 9.17) is 0 Å². The van der Waals surface area contributed by atoms with Gasteiger partial charge in [0.15, 0.2) is 0 Å². The Hall–Kier alpha value is -1.55. The summed E-state index contributed by atoms with van der Waals surface area (Å²) in [5.41, 5.74) is 4.78. The fraction of sp³-hybridized carbons (Fsp3) is 0.267. The van der Waals surface area contributed by atoms with E-state index in [9.17, 15) is 0 Å². The monoisotopic (exact) mass is 317 g/mol. The maximum Gasteiger partial charge on any atom is 0.0739 e. The largest absolute Gasteiger partial charge is 0.341 e. The smallest absolute Gasteiger partial charge is 0.0739 e. The molecule has 0 atom stereocenters. The number of hydrogen-bond acceptors (Lipinski definition) is 1. The molecule has 98 valence electrons. The number of halogens is 1. The second-order valence-electron chi connectivity index (χ2n) is 4.98. The Labute approximate surface area is 121 Å². The summed E-state index contributed by atoms with van der Waals surface area (Å²) in [7, 11) is 1.99. The van der Waals surface area contributed by atoms with Crippen LogP contribution in [0.25, 0.3) is 10.9 Å². The van der Waals surface area contributed by atoms with Gasteiger partial charge in [-0.25, -0.2) is 0 Å². The van der Waals surface area contributed by atoms with Crippen LogP contribution in [0.4, 0.5) is 0 Å². The van der Waals surface area contributed by atoms with Crippen LogP contribution in [0.5, 0.6) is 0 Å². The maximum absolute atomic E-state index is 4.45. The third-order valence-electron chi connectivity index (χ3n) is 3.51. The van der Waals surface area contributed by atoms with Crippen LogP contribution in [0.2, 0.25) is 0 Å². The van der Waals surface area contributed by atoms with Gasteiger partial charge in [0.05, 0.1) is 22.4 Å². The maximum atomic E-state index is 4.45. The minimum absolute atomic E-state index is 0.824. The van der Waals surface area contributed by atoms with Crippen LogP contribution in [0, 0.1) is 13.8 Å². The van der Waals surface area contributed by atoms with Crippen LogP contribution >= 0.6 is 15.9 Å². The van der Waals surface area contributed by atoms with E-state index in [0.717, 1.165) is 16.7 Å². The quantitative estimate of drug-likeness (QED) is 0.705. The Bertz CT molecular complexity index is 752. The Morgan fingerprint density at radius 3 is 2.68 bits per heavy atom. The summed E-state index contributed by atoms with van der Waals surface area (Å²) in [5, 5.41) is 5.72. The zero-order chi connectivity index (χ0) is 13.6. The number of rotatable bonds is 2. The molecule has 0 N–H and O–H groups in total. The molecule has 0 radical (unpaired) electrons. The van der Waals surface area contributed by atoms with Gasteiger partial charge in [-0.05, 0) is 52.9 Å². The molecule has 0 aliphatic rings. The van der Waals surface area contributed by atoms with Gasteiger partial charge in [0.25, 0.3) is 0 Å². The van der Waals surface area contributed by atoms with E-state index < -0.39 is 0 Å². The fourth-order valence-electron chi connectivity index (χ4n) is 2.45. The third-order valence-corrected chi connectivity index (χ3v) is 4.54. The first-order chi connectivity index (χ1) is 9.06. The average Bonchev–Trinajstić information content (AvgIpc) is 2.86. The topological polar surface area (TPSA) is 22.8 Å². The van der Waals surface area contributed by atoms with Gasteiger partial charge in [0, 0.05) is 18.8 Å². The van der Waals surface area contributed by atoms with Crippen molar-refractivity contribution >= 4 is 26.8 Å². The van der Waals surface area contributed by atoms with Crippen LogP contribution in [0.1, 0.15) is 17.0 Å². The highest BCUT2D eigenvalue weighted by Gasteiger charge is 2.12. The van der Waals surface area contributed by atoms with Gasteiger partial charge in [-0.3, -0.25) is 4.68 Å². The molecule has 0 saturated carbocycles. The molecule has 3 nitrogen and oxygen atoms in total. The summed E-state index contributed by atoms with van der Waals surface area (Å²) >= 11 is 3.63. The lowest BCUT2D eigenvalue weighted by Crippen LogP contribution is -2.05. The number of fused-ring (bicyclic) bond motifs is 1. The lowest BCUT2D eigenvalue weighted by Gasteiger charge is -2.07. The third kappa shape index (κ3) is 2.10. The Balaban J connectivity index is 2.08. The fourth-order valence-corrected chi connectivity index (χ4v) is 2.91. The number of aromatic nitrogens is 3. The highest BCUT2D eigenvalue weighted by molar-refractivity contribution is 9.10. The summed E-state index contributed by atoms with van der Waals surface area (Å²) in [6, 6.07) is 8.71. The van der Waals surface area contributed by atoms with E-state index >= 15 is 0 Å². The zero-order valence-electron chi connectivity index (χ0n) is 11.3. The second kappa shape index (κ2) is 4.53. The van der Waals surface area contributed by atoms with E-state index in [2.05, 4.69) is 63.0 Å². The van der Waals surface area contributed by atoms with E-state index in [1.807, 2.05) is 18.7 Å². The first-order valence-corrected chi connectivity index (χ1v) is 7.09.